The molecule has 0 fully saturated rings. The van der Waals surface area contributed by atoms with Crippen LogP contribution in [0.1, 0.15) is 36.5 Å². The van der Waals surface area contributed by atoms with Crippen LogP contribution in [-0.4, -0.2) is 28.0 Å². The number of carbonyl (C=O) groups excluding carboxylic acids is 1. The molecule has 0 saturated carbocycles. The summed E-state index contributed by atoms with van der Waals surface area (Å²) in [7, 11) is -2.05. The highest BCUT2D eigenvalue weighted by Crippen LogP contribution is 2.32. The molecule has 1 aliphatic rings. The minimum absolute atomic E-state index is 0.175. The van der Waals surface area contributed by atoms with E-state index in [0.29, 0.717) is 6.42 Å². The van der Waals surface area contributed by atoms with Gasteiger partial charge >= 0.3 is 0 Å². The van der Waals surface area contributed by atoms with Crippen molar-refractivity contribution in [2.24, 2.45) is 0 Å². The molecule has 2 rings (SSSR count). The second-order valence-corrected chi connectivity index (χ2v) is 7.39. The van der Waals surface area contributed by atoms with Gasteiger partial charge in [0, 0.05) is 25.2 Å². The van der Waals surface area contributed by atoms with E-state index in [9.17, 15) is 13.2 Å². The van der Waals surface area contributed by atoms with Crippen LogP contribution in [0.3, 0.4) is 0 Å². The monoisotopic (exact) mass is 308 g/mol. The third kappa shape index (κ3) is 3.86. The van der Waals surface area contributed by atoms with Crippen LogP contribution < -0.4 is 9.62 Å². The van der Waals surface area contributed by atoms with Crippen molar-refractivity contribution in [3.63, 3.8) is 0 Å². The molecule has 1 aliphatic heterocycles. The number of hydrogen-bond acceptors (Lipinski definition) is 3. The van der Waals surface area contributed by atoms with E-state index in [1.54, 1.807) is 0 Å². The minimum Gasteiger partial charge on any atom is -0.312 e. The fraction of sp³-hybridized carbons (Fsp3) is 0.500. The Morgan fingerprint density at radius 2 is 2.05 bits per heavy atom. The largest absolute Gasteiger partial charge is 0.312 e. The lowest BCUT2D eigenvalue weighted by Gasteiger charge is -2.31. The number of rotatable bonds is 5. The molecule has 1 aromatic carbocycles. The van der Waals surface area contributed by atoms with Gasteiger partial charge in [0.15, 0.2) is 9.87 Å². The maximum Gasteiger partial charge on any atom is 0.275 e. The molecule has 1 heterocycles. The van der Waals surface area contributed by atoms with Crippen LogP contribution in [0, 0.1) is 6.92 Å². The molecule has 1 amide bonds. The van der Waals surface area contributed by atoms with Crippen molar-refractivity contribution in [3.05, 3.63) is 28.8 Å². The summed E-state index contributed by atoms with van der Waals surface area (Å²) in [6.07, 6.45) is 2.17. The van der Waals surface area contributed by atoms with Gasteiger partial charge in [0.1, 0.15) is 0 Å². The molecular weight excluding hydrogens is 287 g/mol. The topological polar surface area (TPSA) is 66.5 Å². The number of benzene rings is 1. The summed E-state index contributed by atoms with van der Waals surface area (Å²) in [5.74, 6) is 0.175. The first-order valence-electron chi connectivity index (χ1n) is 7.19. The molecular formula is C14H21BN2O3S. The summed E-state index contributed by atoms with van der Waals surface area (Å²) in [5, 5.41) is 0. The molecule has 21 heavy (non-hydrogen) atoms. The van der Waals surface area contributed by atoms with Crippen molar-refractivity contribution in [1.82, 2.24) is 4.72 Å². The zero-order valence-electron chi connectivity index (χ0n) is 12.8. The third-order valence-electron chi connectivity index (χ3n) is 3.60. The highest BCUT2D eigenvalue weighted by molar-refractivity contribution is 8.10. The Morgan fingerprint density at radius 3 is 2.67 bits per heavy atom. The Balaban J connectivity index is 2.33. The summed E-state index contributed by atoms with van der Waals surface area (Å²) < 4.78 is 24.9. The molecule has 5 nitrogen and oxygen atoms in total. The molecule has 0 radical (unpaired) electrons. The SMILES string of the molecule is BS(=O)(=O)NCc1cc(C)c2c(c1)CCC(=O)N2CCC. The zero-order chi connectivity index (χ0) is 15.6. The number of carbonyl (C=O) groups is 1. The zero-order valence-corrected chi connectivity index (χ0v) is 13.6. The van der Waals surface area contributed by atoms with Crippen LogP contribution in [0.25, 0.3) is 0 Å². The Hall–Kier alpha value is -1.34. The molecule has 7 heteroatoms. The van der Waals surface area contributed by atoms with Crippen LogP contribution in [-0.2, 0) is 27.6 Å². The summed E-state index contributed by atoms with van der Waals surface area (Å²) in [6.45, 7) is 5.05. The van der Waals surface area contributed by atoms with Gasteiger partial charge in [-0.25, -0.2) is 13.1 Å². The molecule has 114 valence electrons. The second kappa shape index (κ2) is 6.19. The van der Waals surface area contributed by atoms with E-state index in [4.69, 9.17) is 0 Å². The number of fused-ring (bicyclic) bond motifs is 1. The van der Waals surface area contributed by atoms with Gasteiger partial charge in [-0.1, -0.05) is 19.1 Å². The predicted octanol–water partition coefficient (Wildman–Crippen LogP) is 0.652. The van der Waals surface area contributed by atoms with Crippen molar-refractivity contribution in [2.75, 3.05) is 11.4 Å². The fourth-order valence-corrected chi connectivity index (χ4v) is 3.22. The lowest BCUT2D eigenvalue weighted by Crippen LogP contribution is -2.36. The highest BCUT2D eigenvalue weighted by Gasteiger charge is 2.25. The quantitative estimate of drug-likeness (QED) is 0.812. The molecule has 0 bridgehead atoms. The third-order valence-corrected chi connectivity index (χ3v) is 4.27. The van der Waals surface area contributed by atoms with Crippen LogP contribution in [0.5, 0.6) is 0 Å². The summed E-state index contributed by atoms with van der Waals surface area (Å²) >= 11 is 0. The van der Waals surface area contributed by atoms with Gasteiger partial charge in [-0.2, -0.15) is 0 Å². The lowest BCUT2D eigenvalue weighted by molar-refractivity contribution is -0.118. The summed E-state index contributed by atoms with van der Waals surface area (Å²) in [5.41, 5.74) is 4.10. The van der Waals surface area contributed by atoms with Gasteiger partial charge in [-0.05, 0) is 36.5 Å². The summed E-state index contributed by atoms with van der Waals surface area (Å²) in [6, 6.07) is 3.97. The van der Waals surface area contributed by atoms with E-state index >= 15 is 0 Å². The second-order valence-electron chi connectivity index (χ2n) is 5.56. The van der Waals surface area contributed by atoms with E-state index in [2.05, 4.69) is 11.6 Å². The van der Waals surface area contributed by atoms with Gasteiger partial charge in [0.25, 0.3) is 7.12 Å². The van der Waals surface area contributed by atoms with E-state index in [-0.39, 0.29) is 12.5 Å². The molecule has 0 unspecified atom stereocenters. The van der Waals surface area contributed by atoms with E-state index < -0.39 is 9.87 Å². The average molecular weight is 308 g/mol. The van der Waals surface area contributed by atoms with E-state index in [0.717, 1.165) is 48.9 Å². The highest BCUT2D eigenvalue weighted by atomic mass is 32.2. The van der Waals surface area contributed by atoms with E-state index in [1.807, 2.05) is 24.0 Å². The van der Waals surface area contributed by atoms with Crippen LogP contribution in [0.2, 0.25) is 0 Å². The Kier molecular flexibility index (Phi) is 4.73. The first-order chi connectivity index (χ1) is 9.81. The normalized spacial score (nSPS) is 15.1. The lowest BCUT2D eigenvalue weighted by atomic mass is 9.95. The van der Waals surface area contributed by atoms with Crippen molar-refractivity contribution in [2.45, 2.75) is 39.7 Å². The van der Waals surface area contributed by atoms with Gasteiger partial charge < -0.3 is 4.90 Å². The molecule has 1 N–H and O–H groups in total. The number of aryl methyl sites for hydroxylation is 2. The van der Waals surface area contributed by atoms with Gasteiger partial charge in [-0.3, -0.25) is 4.79 Å². The Morgan fingerprint density at radius 1 is 1.33 bits per heavy atom. The average Bonchev–Trinajstić information content (AvgIpc) is 2.39. The molecule has 0 aliphatic carbocycles. The van der Waals surface area contributed by atoms with Crippen LogP contribution >= 0.6 is 0 Å². The number of nitrogens with zero attached hydrogens (tertiary/aromatic N) is 1. The van der Waals surface area contributed by atoms with Gasteiger partial charge in [0.05, 0.1) is 0 Å². The predicted molar refractivity (Wildman–Crippen MR) is 86.4 cm³/mol. The molecule has 0 aromatic heterocycles. The number of amides is 1. The Bertz CT molecular complexity index is 658. The number of nitrogens with one attached hydrogen (secondary N) is 1. The van der Waals surface area contributed by atoms with Gasteiger partial charge in [0.2, 0.25) is 5.91 Å². The number of anilines is 1. The molecule has 1 aromatic rings. The first kappa shape index (κ1) is 16.0. The van der Waals surface area contributed by atoms with Crippen LogP contribution in [0.15, 0.2) is 12.1 Å². The fourth-order valence-electron chi connectivity index (χ4n) is 2.79. The van der Waals surface area contributed by atoms with Gasteiger partial charge in [-0.15, -0.1) is 0 Å². The minimum atomic E-state index is -3.20. The molecule has 0 atom stereocenters. The molecule has 0 spiro atoms. The Labute approximate surface area is 127 Å². The van der Waals surface area contributed by atoms with Crippen molar-refractivity contribution >= 4 is 28.6 Å². The van der Waals surface area contributed by atoms with Crippen molar-refractivity contribution < 1.29 is 13.2 Å². The smallest absolute Gasteiger partial charge is 0.275 e. The first-order valence-corrected chi connectivity index (χ1v) is 9.08. The van der Waals surface area contributed by atoms with E-state index in [1.165, 1.54) is 0 Å². The van der Waals surface area contributed by atoms with Crippen molar-refractivity contribution in [3.8, 4) is 0 Å². The standard InChI is InChI=1S/C14H21BN2O3S/c1-3-6-17-13(18)5-4-12-8-11(7-10(2)14(12)17)9-16-21(15,19)20/h7-8,16H,3-6,9,15H2,1-2H3. The molecule has 0 saturated heterocycles. The summed E-state index contributed by atoms with van der Waals surface area (Å²) in [4.78, 5) is 13.9. The maximum absolute atomic E-state index is 12.1. The number of hydrogen-bond donors (Lipinski definition) is 1. The van der Waals surface area contributed by atoms with Crippen LogP contribution in [0.4, 0.5) is 5.69 Å². The van der Waals surface area contributed by atoms with Crippen molar-refractivity contribution in [1.29, 1.82) is 0 Å². The maximum atomic E-state index is 12.1.